The number of benzene rings is 1. The van der Waals surface area contributed by atoms with Crippen molar-refractivity contribution >= 4 is 16.7 Å². The van der Waals surface area contributed by atoms with Crippen LogP contribution in [-0.2, 0) is 11.2 Å². The Balaban J connectivity index is 1.73. The van der Waals surface area contributed by atoms with Crippen molar-refractivity contribution in [1.29, 1.82) is 0 Å². The summed E-state index contributed by atoms with van der Waals surface area (Å²) in [5, 5.41) is 1.12. The molecule has 1 saturated carbocycles. The Morgan fingerprint density at radius 3 is 2.70 bits per heavy atom. The molecule has 0 spiro atoms. The first-order chi connectivity index (χ1) is 9.81. The Hall–Kier alpha value is -1.96. The van der Waals surface area contributed by atoms with Gasteiger partial charge in [0.15, 0.2) is 5.78 Å². The Labute approximate surface area is 119 Å². The summed E-state index contributed by atoms with van der Waals surface area (Å²) in [6.07, 6.45) is 8.22. The standard InChI is InChI=1S/C18H19NO/c20-17(12-14-6-2-1-3-7-14)13-16-11-10-15-8-4-5-9-18(15)19-16/h4-5,8-12H,1-3,6-7,13H2. The lowest BCUT2D eigenvalue weighted by molar-refractivity contribution is -0.114. The number of para-hydroxylation sites is 1. The molecule has 1 aliphatic rings. The normalized spacial score (nSPS) is 15.3. The van der Waals surface area contributed by atoms with Crippen LogP contribution in [0.1, 0.15) is 37.8 Å². The lowest BCUT2D eigenvalue weighted by Crippen LogP contribution is -2.04. The Kier molecular flexibility index (Phi) is 3.91. The molecular formula is C18H19NO. The topological polar surface area (TPSA) is 30.0 Å². The maximum Gasteiger partial charge on any atom is 0.161 e. The second-order valence-corrected chi connectivity index (χ2v) is 5.50. The number of rotatable bonds is 3. The number of carbonyl (C=O) groups is 1. The molecule has 0 radical (unpaired) electrons. The van der Waals surface area contributed by atoms with Crippen LogP contribution in [0.2, 0.25) is 0 Å². The molecule has 0 unspecified atom stereocenters. The van der Waals surface area contributed by atoms with Crippen LogP contribution in [0.5, 0.6) is 0 Å². The minimum Gasteiger partial charge on any atom is -0.294 e. The van der Waals surface area contributed by atoms with Crippen molar-refractivity contribution in [1.82, 2.24) is 4.98 Å². The van der Waals surface area contributed by atoms with E-state index in [1.807, 2.05) is 42.5 Å². The molecule has 1 aliphatic carbocycles. The number of hydrogen-bond acceptors (Lipinski definition) is 2. The highest BCUT2D eigenvalue weighted by Gasteiger charge is 2.09. The summed E-state index contributed by atoms with van der Waals surface area (Å²) in [4.78, 5) is 16.7. The summed E-state index contributed by atoms with van der Waals surface area (Å²) < 4.78 is 0. The van der Waals surface area contributed by atoms with Crippen LogP contribution in [0.25, 0.3) is 10.9 Å². The number of ketones is 1. The van der Waals surface area contributed by atoms with Gasteiger partial charge in [-0.15, -0.1) is 0 Å². The van der Waals surface area contributed by atoms with E-state index in [0.29, 0.717) is 6.42 Å². The summed E-state index contributed by atoms with van der Waals surface area (Å²) >= 11 is 0. The van der Waals surface area contributed by atoms with E-state index in [1.165, 1.54) is 24.8 Å². The molecule has 0 atom stereocenters. The Morgan fingerprint density at radius 1 is 1.05 bits per heavy atom. The fourth-order valence-electron chi connectivity index (χ4n) is 2.81. The second kappa shape index (κ2) is 6.00. The van der Waals surface area contributed by atoms with Crippen LogP contribution in [0, 0.1) is 0 Å². The second-order valence-electron chi connectivity index (χ2n) is 5.50. The first-order valence-electron chi connectivity index (χ1n) is 7.38. The van der Waals surface area contributed by atoms with Crippen molar-refractivity contribution in [3.05, 3.63) is 53.7 Å². The zero-order valence-electron chi connectivity index (χ0n) is 11.6. The molecule has 102 valence electrons. The van der Waals surface area contributed by atoms with Crippen LogP contribution in [0.15, 0.2) is 48.0 Å². The SMILES string of the molecule is O=C(C=C1CCCCC1)Cc1ccc2ccccc2n1. The number of nitrogens with zero attached hydrogens (tertiary/aromatic N) is 1. The summed E-state index contributed by atoms with van der Waals surface area (Å²) in [5.74, 6) is 0.185. The summed E-state index contributed by atoms with van der Waals surface area (Å²) in [6.45, 7) is 0. The number of hydrogen-bond donors (Lipinski definition) is 0. The molecule has 0 N–H and O–H groups in total. The number of carbonyl (C=O) groups excluding carboxylic acids is 1. The van der Waals surface area contributed by atoms with E-state index in [0.717, 1.165) is 29.4 Å². The first kappa shape index (κ1) is 13.0. The van der Waals surface area contributed by atoms with Gasteiger partial charge in [-0.05, 0) is 43.9 Å². The van der Waals surface area contributed by atoms with Crippen molar-refractivity contribution in [2.75, 3.05) is 0 Å². The van der Waals surface area contributed by atoms with Crippen LogP contribution < -0.4 is 0 Å². The minimum absolute atomic E-state index is 0.185. The van der Waals surface area contributed by atoms with E-state index in [-0.39, 0.29) is 5.78 Å². The predicted octanol–water partition coefficient (Wildman–Crippen LogP) is 4.24. The summed E-state index contributed by atoms with van der Waals surface area (Å²) in [6, 6.07) is 12.0. The zero-order valence-corrected chi connectivity index (χ0v) is 11.6. The van der Waals surface area contributed by atoms with Gasteiger partial charge in [-0.3, -0.25) is 9.78 Å². The third-order valence-corrected chi connectivity index (χ3v) is 3.87. The van der Waals surface area contributed by atoms with E-state index in [4.69, 9.17) is 0 Å². The highest BCUT2D eigenvalue weighted by molar-refractivity contribution is 5.92. The Bertz CT molecular complexity index is 649. The number of pyridine rings is 1. The van der Waals surface area contributed by atoms with Crippen molar-refractivity contribution in [2.45, 2.75) is 38.5 Å². The quantitative estimate of drug-likeness (QED) is 0.777. The van der Waals surface area contributed by atoms with Crippen molar-refractivity contribution < 1.29 is 4.79 Å². The molecular weight excluding hydrogens is 246 g/mol. The molecule has 1 aromatic heterocycles. The Morgan fingerprint density at radius 2 is 1.85 bits per heavy atom. The van der Waals surface area contributed by atoms with Gasteiger partial charge in [0.05, 0.1) is 11.9 Å². The van der Waals surface area contributed by atoms with Gasteiger partial charge < -0.3 is 0 Å². The van der Waals surface area contributed by atoms with Gasteiger partial charge >= 0.3 is 0 Å². The van der Waals surface area contributed by atoms with Crippen LogP contribution in [0.3, 0.4) is 0 Å². The van der Waals surface area contributed by atoms with E-state index < -0.39 is 0 Å². The predicted molar refractivity (Wildman–Crippen MR) is 81.6 cm³/mol. The highest BCUT2D eigenvalue weighted by Crippen LogP contribution is 2.22. The molecule has 1 aromatic carbocycles. The van der Waals surface area contributed by atoms with Gasteiger partial charge in [-0.25, -0.2) is 0 Å². The maximum atomic E-state index is 12.1. The molecule has 0 aliphatic heterocycles. The maximum absolute atomic E-state index is 12.1. The zero-order chi connectivity index (χ0) is 13.8. The molecule has 0 saturated heterocycles. The largest absolute Gasteiger partial charge is 0.294 e. The van der Waals surface area contributed by atoms with Gasteiger partial charge in [0.2, 0.25) is 0 Å². The average molecular weight is 265 g/mol. The molecule has 0 amide bonds. The molecule has 2 aromatic rings. The molecule has 2 nitrogen and oxygen atoms in total. The van der Waals surface area contributed by atoms with E-state index in [9.17, 15) is 4.79 Å². The minimum atomic E-state index is 0.185. The van der Waals surface area contributed by atoms with E-state index >= 15 is 0 Å². The van der Waals surface area contributed by atoms with Crippen LogP contribution in [0.4, 0.5) is 0 Å². The molecule has 3 rings (SSSR count). The van der Waals surface area contributed by atoms with Gasteiger partial charge in [0.1, 0.15) is 0 Å². The lowest BCUT2D eigenvalue weighted by atomic mass is 9.93. The molecule has 2 heteroatoms. The highest BCUT2D eigenvalue weighted by atomic mass is 16.1. The third-order valence-electron chi connectivity index (χ3n) is 3.87. The van der Waals surface area contributed by atoms with Crippen molar-refractivity contribution in [3.8, 4) is 0 Å². The van der Waals surface area contributed by atoms with Gasteiger partial charge in [0.25, 0.3) is 0 Å². The summed E-state index contributed by atoms with van der Waals surface area (Å²) in [5.41, 5.74) is 3.14. The van der Waals surface area contributed by atoms with Crippen molar-refractivity contribution in [2.24, 2.45) is 0 Å². The first-order valence-corrected chi connectivity index (χ1v) is 7.38. The number of aromatic nitrogens is 1. The molecule has 1 heterocycles. The monoisotopic (exact) mass is 265 g/mol. The van der Waals surface area contributed by atoms with Crippen LogP contribution >= 0.6 is 0 Å². The average Bonchev–Trinajstić information content (AvgIpc) is 2.48. The van der Waals surface area contributed by atoms with Gasteiger partial charge in [-0.1, -0.05) is 36.3 Å². The molecule has 1 fully saturated rings. The molecule has 20 heavy (non-hydrogen) atoms. The molecule has 0 bridgehead atoms. The number of allylic oxidation sites excluding steroid dienone is 2. The summed E-state index contributed by atoms with van der Waals surface area (Å²) in [7, 11) is 0. The van der Waals surface area contributed by atoms with E-state index in [2.05, 4.69) is 4.98 Å². The fraction of sp³-hybridized carbons (Fsp3) is 0.333. The van der Waals surface area contributed by atoms with Crippen LogP contribution in [-0.4, -0.2) is 10.8 Å². The lowest BCUT2D eigenvalue weighted by Gasteiger charge is -2.12. The number of fused-ring (bicyclic) bond motifs is 1. The van der Waals surface area contributed by atoms with Crippen molar-refractivity contribution in [3.63, 3.8) is 0 Å². The smallest absolute Gasteiger partial charge is 0.161 e. The third kappa shape index (κ3) is 3.13. The fourth-order valence-corrected chi connectivity index (χ4v) is 2.81. The van der Waals surface area contributed by atoms with E-state index in [1.54, 1.807) is 0 Å². The van der Waals surface area contributed by atoms with Gasteiger partial charge in [-0.2, -0.15) is 0 Å². The van der Waals surface area contributed by atoms with Gasteiger partial charge in [0, 0.05) is 11.1 Å².